The summed E-state index contributed by atoms with van der Waals surface area (Å²) in [6, 6.07) is 25.3. The van der Waals surface area contributed by atoms with Gasteiger partial charge in [0.05, 0.1) is 11.5 Å². The standard InChI is InChI=1S/C32H35N3O5S/c1-23(2)22-40-32(37)35(29-14-12-25-8-4-6-10-27(25)20-29)24(3)31(36)33-16-18-34(19-17-33)41(38,39)30-15-13-26-9-5-7-11-28(26)21-30/h4-15,20-21,23-24H,16-19,22H2,1-3H3. The molecule has 1 aliphatic heterocycles. The van der Waals surface area contributed by atoms with E-state index in [9.17, 15) is 18.0 Å². The van der Waals surface area contributed by atoms with Gasteiger partial charge in [0.25, 0.3) is 0 Å². The second kappa shape index (κ2) is 11.9. The number of ether oxygens (including phenoxy) is 1. The normalized spacial score (nSPS) is 15.3. The molecule has 8 nitrogen and oxygen atoms in total. The minimum atomic E-state index is -3.72. The molecule has 0 radical (unpaired) electrons. The summed E-state index contributed by atoms with van der Waals surface area (Å²) >= 11 is 0. The first kappa shape index (κ1) is 28.6. The van der Waals surface area contributed by atoms with Crippen molar-refractivity contribution in [2.45, 2.75) is 31.7 Å². The topological polar surface area (TPSA) is 87.2 Å². The predicted molar refractivity (Wildman–Crippen MR) is 161 cm³/mol. The van der Waals surface area contributed by atoms with E-state index in [-0.39, 0.29) is 49.5 Å². The predicted octanol–water partition coefficient (Wildman–Crippen LogP) is 5.51. The summed E-state index contributed by atoms with van der Waals surface area (Å²) in [5, 5.41) is 3.79. The number of rotatable bonds is 7. The van der Waals surface area contributed by atoms with E-state index in [1.165, 1.54) is 9.21 Å². The zero-order chi connectivity index (χ0) is 29.1. The Hall–Kier alpha value is -3.95. The van der Waals surface area contributed by atoms with E-state index in [4.69, 9.17) is 4.74 Å². The number of anilines is 1. The molecule has 4 aromatic carbocycles. The lowest BCUT2D eigenvalue weighted by atomic mass is 10.1. The van der Waals surface area contributed by atoms with Gasteiger partial charge in [0, 0.05) is 31.9 Å². The zero-order valence-electron chi connectivity index (χ0n) is 23.6. The molecular formula is C32H35N3O5S. The van der Waals surface area contributed by atoms with Crippen LogP contribution in [0.5, 0.6) is 0 Å². The van der Waals surface area contributed by atoms with Crippen molar-refractivity contribution in [3.8, 4) is 0 Å². The first-order valence-electron chi connectivity index (χ1n) is 13.9. The average Bonchev–Trinajstić information content (AvgIpc) is 2.99. The van der Waals surface area contributed by atoms with Crippen molar-refractivity contribution in [2.24, 2.45) is 5.92 Å². The van der Waals surface area contributed by atoms with Crippen molar-refractivity contribution in [2.75, 3.05) is 37.7 Å². The molecule has 0 N–H and O–H groups in total. The molecule has 1 atom stereocenters. The summed E-state index contributed by atoms with van der Waals surface area (Å²) in [5.74, 6) is -0.122. The van der Waals surface area contributed by atoms with Crippen LogP contribution in [0, 0.1) is 5.92 Å². The molecule has 1 unspecified atom stereocenters. The summed E-state index contributed by atoms with van der Waals surface area (Å²) < 4.78 is 33.8. The molecule has 41 heavy (non-hydrogen) atoms. The van der Waals surface area contributed by atoms with Crippen LogP contribution in [0.3, 0.4) is 0 Å². The second-order valence-electron chi connectivity index (χ2n) is 10.8. The van der Waals surface area contributed by atoms with Gasteiger partial charge in [0.1, 0.15) is 6.04 Å². The molecule has 0 aliphatic carbocycles. The molecule has 2 amide bonds. The van der Waals surface area contributed by atoms with E-state index in [1.54, 1.807) is 24.0 Å². The highest BCUT2D eigenvalue weighted by Crippen LogP contribution is 2.27. The summed E-state index contributed by atoms with van der Waals surface area (Å²) in [5.41, 5.74) is 0.566. The van der Waals surface area contributed by atoms with Gasteiger partial charge in [-0.3, -0.25) is 9.69 Å². The van der Waals surface area contributed by atoms with Gasteiger partial charge in [-0.05, 0) is 58.7 Å². The largest absolute Gasteiger partial charge is 0.449 e. The summed E-state index contributed by atoms with van der Waals surface area (Å²) in [6.45, 7) is 6.61. The lowest BCUT2D eigenvalue weighted by Gasteiger charge is -2.37. The van der Waals surface area contributed by atoms with Crippen molar-refractivity contribution in [1.82, 2.24) is 9.21 Å². The molecule has 0 spiro atoms. The third kappa shape index (κ3) is 6.06. The van der Waals surface area contributed by atoms with E-state index in [0.29, 0.717) is 5.69 Å². The summed E-state index contributed by atoms with van der Waals surface area (Å²) in [7, 11) is -3.72. The first-order valence-corrected chi connectivity index (χ1v) is 15.3. The third-order valence-electron chi connectivity index (χ3n) is 7.40. The smallest absolute Gasteiger partial charge is 0.415 e. The van der Waals surface area contributed by atoms with Crippen LogP contribution < -0.4 is 4.90 Å². The Labute approximate surface area is 241 Å². The maximum atomic E-state index is 13.7. The van der Waals surface area contributed by atoms with Gasteiger partial charge >= 0.3 is 6.09 Å². The average molecular weight is 574 g/mol. The van der Waals surface area contributed by atoms with Crippen molar-refractivity contribution < 1.29 is 22.7 Å². The van der Waals surface area contributed by atoms with Gasteiger partial charge in [-0.15, -0.1) is 0 Å². The van der Waals surface area contributed by atoms with Crippen molar-refractivity contribution in [1.29, 1.82) is 0 Å². The minimum absolute atomic E-state index is 0.140. The fraction of sp³-hybridized carbons (Fsp3) is 0.312. The molecule has 1 aliphatic rings. The first-order chi connectivity index (χ1) is 19.6. The van der Waals surface area contributed by atoms with Crippen LogP contribution in [0.1, 0.15) is 20.8 Å². The van der Waals surface area contributed by atoms with Crippen LogP contribution in [0.25, 0.3) is 21.5 Å². The lowest BCUT2D eigenvalue weighted by molar-refractivity contribution is -0.133. The Bertz CT molecular complexity index is 1680. The Kier molecular flexibility index (Phi) is 8.28. The van der Waals surface area contributed by atoms with Gasteiger partial charge in [0.15, 0.2) is 0 Å². The molecule has 9 heteroatoms. The van der Waals surface area contributed by atoms with E-state index < -0.39 is 22.2 Å². The van der Waals surface area contributed by atoms with Crippen molar-refractivity contribution >= 4 is 49.3 Å². The number of hydrogen-bond acceptors (Lipinski definition) is 5. The quantitative estimate of drug-likeness (QED) is 0.291. The van der Waals surface area contributed by atoms with Crippen molar-refractivity contribution in [3.05, 3.63) is 84.9 Å². The maximum Gasteiger partial charge on any atom is 0.415 e. The van der Waals surface area contributed by atoms with Gasteiger partial charge in [0.2, 0.25) is 15.9 Å². The molecule has 1 saturated heterocycles. The van der Waals surface area contributed by atoms with Crippen LogP contribution in [0.15, 0.2) is 89.8 Å². The minimum Gasteiger partial charge on any atom is -0.449 e. The highest BCUT2D eigenvalue weighted by molar-refractivity contribution is 7.89. The Morgan fingerprint density at radius 1 is 0.780 bits per heavy atom. The Morgan fingerprint density at radius 2 is 1.34 bits per heavy atom. The highest BCUT2D eigenvalue weighted by Gasteiger charge is 2.35. The lowest BCUT2D eigenvalue weighted by Crippen LogP contribution is -2.56. The molecule has 5 rings (SSSR count). The Morgan fingerprint density at radius 3 is 1.95 bits per heavy atom. The molecule has 0 aromatic heterocycles. The number of piperazine rings is 1. The fourth-order valence-corrected chi connectivity index (χ4v) is 6.58. The molecular weight excluding hydrogens is 538 g/mol. The number of carbonyl (C=O) groups excluding carboxylic acids is 2. The van der Waals surface area contributed by atoms with Gasteiger partial charge in [-0.2, -0.15) is 4.31 Å². The van der Waals surface area contributed by atoms with Gasteiger partial charge in [-0.1, -0.05) is 74.5 Å². The highest BCUT2D eigenvalue weighted by atomic mass is 32.2. The second-order valence-corrected chi connectivity index (χ2v) is 12.7. The van der Waals surface area contributed by atoms with Gasteiger partial charge < -0.3 is 9.64 Å². The SMILES string of the molecule is CC(C)COC(=O)N(c1ccc2ccccc2c1)C(C)C(=O)N1CCN(S(=O)(=O)c2ccc3ccccc3c2)CC1. The van der Waals surface area contributed by atoms with Crippen LogP contribution in [0.2, 0.25) is 0 Å². The van der Waals surface area contributed by atoms with Crippen LogP contribution >= 0.6 is 0 Å². The molecule has 0 bridgehead atoms. The van der Waals surface area contributed by atoms with E-state index in [1.807, 2.05) is 86.6 Å². The molecule has 0 saturated carbocycles. The van der Waals surface area contributed by atoms with E-state index >= 15 is 0 Å². The third-order valence-corrected chi connectivity index (χ3v) is 9.30. The van der Waals surface area contributed by atoms with E-state index in [2.05, 4.69) is 0 Å². The number of nitrogens with zero attached hydrogens (tertiary/aromatic N) is 3. The molecule has 214 valence electrons. The number of amides is 2. The maximum absolute atomic E-state index is 13.7. The molecule has 1 heterocycles. The van der Waals surface area contributed by atoms with E-state index in [0.717, 1.165) is 21.5 Å². The number of sulfonamides is 1. The number of hydrogen-bond donors (Lipinski definition) is 0. The van der Waals surface area contributed by atoms with Crippen LogP contribution in [-0.2, 0) is 19.6 Å². The molecule has 1 fully saturated rings. The number of benzene rings is 4. The number of fused-ring (bicyclic) bond motifs is 2. The van der Waals surface area contributed by atoms with Gasteiger partial charge in [-0.25, -0.2) is 13.2 Å². The summed E-state index contributed by atoms with van der Waals surface area (Å²) in [6.07, 6.45) is -0.590. The van der Waals surface area contributed by atoms with Crippen LogP contribution in [-0.4, -0.2) is 68.5 Å². The molecule has 4 aromatic rings. The zero-order valence-corrected chi connectivity index (χ0v) is 24.4. The van der Waals surface area contributed by atoms with Crippen molar-refractivity contribution in [3.63, 3.8) is 0 Å². The van der Waals surface area contributed by atoms with Crippen LogP contribution in [0.4, 0.5) is 10.5 Å². The summed E-state index contributed by atoms with van der Waals surface area (Å²) in [4.78, 5) is 30.3. The monoisotopic (exact) mass is 573 g/mol. The number of carbonyl (C=O) groups is 2. The Balaban J connectivity index is 1.32. The fourth-order valence-electron chi connectivity index (χ4n) is 5.12.